The Morgan fingerprint density at radius 3 is 2.75 bits per heavy atom. The van der Waals surface area contributed by atoms with E-state index in [0.29, 0.717) is 5.13 Å². The van der Waals surface area contributed by atoms with E-state index in [1.54, 1.807) is 6.20 Å². The molecular formula is C7H7N3S2. The lowest BCUT2D eigenvalue weighted by atomic mass is 10.4. The highest BCUT2D eigenvalue weighted by Crippen LogP contribution is 2.30. The van der Waals surface area contributed by atoms with E-state index in [0.717, 1.165) is 15.4 Å². The molecule has 0 aliphatic heterocycles. The van der Waals surface area contributed by atoms with Crippen LogP contribution in [0.1, 0.15) is 5.69 Å². The summed E-state index contributed by atoms with van der Waals surface area (Å²) >= 11 is 2.97. The van der Waals surface area contributed by atoms with Crippen LogP contribution in [0.4, 0.5) is 5.13 Å². The van der Waals surface area contributed by atoms with Gasteiger partial charge in [0.2, 0.25) is 0 Å². The standard InChI is InChI=1S/C7H7N3S2/c1-4-2-5(12-10-4)6-3-9-7(8)11-6/h2-3H,1H3,(H2,8,9). The van der Waals surface area contributed by atoms with Crippen molar-refractivity contribution in [3.63, 3.8) is 0 Å². The number of nitrogen functional groups attached to an aromatic ring is 1. The molecule has 0 bridgehead atoms. The smallest absolute Gasteiger partial charge is 0.180 e. The molecule has 0 unspecified atom stereocenters. The van der Waals surface area contributed by atoms with Gasteiger partial charge in [0.25, 0.3) is 0 Å². The highest BCUT2D eigenvalue weighted by atomic mass is 32.1. The van der Waals surface area contributed by atoms with Crippen molar-refractivity contribution in [3.8, 4) is 9.75 Å². The predicted molar refractivity (Wildman–Crippen MR) is 52.4 cm³/mol. The number of hydrogen-bond acceptors (Lipinski definition) is 5. The van der Waals surface area contributed by atoms with Gasteiger partial charge in [-0.05, 0) is 24.5 Å². The summed E-state index contributed by atoms with van der Waals surface area (Å²) in [5.41, 5.74) is 6.56. The molecule has 0 aliphatic rings. The Bertz CT molecular complexity index is 353. The lowest BCUT2D eigenvalue weighted by molar-refractivity contribution is 1.35. The summed E-state index contributed by atoms with van der Waals surface area (Å²) in [6.07, 6.45) is 1.78. The summed E-state index contributed by atoms with van der Waals surface area (Å²) in [6, 6.07) is 2.04. The van der Waals surface area contributed by atoms with Crippen LogP contribution in [0.3, 0.4) is 0 Å². The lowest BCUT2D eigenvalue weighted by Gasteiger charge is -1.83. The van der Waals surface area contributed by atoms with Gasteiger partial charge in [-0.2, -0.15) is 4.37 Å². The molecule has 0 amide bonds. The third-order valence-electron chi connectivity index (χ3n) is 1.39. The summed E-state index contributed by atoms with van der Waals surface area (Å²) in [5, 5.41) is 0.607. The van der Waals surface area contributed by atoms with Crippen LogP contribution in [0.2, 0.25) is 0 Å². The zero-order chi connectivity index (χ0) is 8.55. The summed E-state index contributed by atoms with van der Waals surface area (Å²) < 4.78 is 4.18. The second-order valence-corrected chi connectivity index (χ2v) is 4.26. The Balaban J connectivity index is 2.43. The molecule has 0 fully saturated rings. The van der Waals surface area contributed by atoms with Crippen LogP contribution in [-0.4, -0.2) is 9.36 Å². The van der Waals surface area contributed by atoms with Crippen LogP contribution < -0.4 is 5.73 Å². The summed E-state index contributed by atoms with van der Waals surface area (Å²) in [4.78, 5) is 6.21. The van der Waals surface area contributed by atoms with E-state index < -0.39 is 0 Å². The van der Waals surface area contributed by atoms with Gasteiger partial charge in [-0.15, -0.1) is 0 Å². The Kier molecular flexibility index (Phi) is 1.82. The van der Waals surface area contributed by atoms with Crippen LogP contribution in [0, 0.1) is 6.92 Å². The minimum atomic E-state index is 0.607. The van der Waals surface area contributed by atoms with Gasteiger partial charge >= 0.3 is 0 Å². The van der Waals surface area contributed by atoms with Crippen molar-refractivity contribution in [2.75, 3.05) is 5.73 Å². The van der Waals surface area contributed by atoms with E-state index >= 15 is 0 Å². The number of nitrogens with two attached hydrogens (primary N) is 1. The average Bonchev–Trinajstić information content (AvgIpc) is 2.58. The van der Waals surface area contributed by atoms with E-state index in [-0.39, 0.29) is 0 Å². The lowest BCUT2D eigenvalue weighted by Crippen LogP contribution is -1.77. The summed E-state index contributed by atoms with van der Waals surface area (Å²) in [7, 11) is 0. The third kappa shape index (κ3) is 1.33. The number of rotatable bonds is 1. The molecule has 0 atom stereocenters. The molecule has 0 aliphatic carbocycles. The van der Waals surface area contributed by atoms with E-state index in [1.807, 2.05) is 13.0 Å². The Hall–Kier alpha value is -0.940. The van der Waals surface area contributed by atoms with Gasteiger partial charge in [0.15, 0.2) is 5.13 Å². The minimum absolute atomic E-state index is 0.607. The number of thiazole rings is 1. The molecule has 12 heavy (non-hydrogen) atoms. The quantitative estimate of drug-likeness (QED) is 0.762. The Morgan fingerprint density at radius 1 is 1.42 bits per heavy atom. The van der Waals surface area contributed by atoms with Crippen LogP contribution in [0.5, 0.6) is 0 Å². The Morgan fingerprint density at radius 2 is 2.25 bits per heavy atom. The zero-order valence-corrected chi connectivity index (χ0v) is 8.08. The highest BCUT2D eigenvalue weighted by molar-refractivity contribution is 7.22. The average molecular weight is 197 g/mol. The number of aryl methyl sites for hydroxylation is 1. The topological polar surface area (TPSA) is 51.8 Å². The highest BCUT2D eigenvalue weighted by Gasteiger charge is 2.04. The van der Waals surface area contributed by atoms with E-state index in [2.05, 4.69) is 9.36 Å². The molecule has 0 radical (unpaired) electrons. The molecule has 2 rings (SSSR count). The molecule has 62 valence electrons. The minimum Gasteiger partial charge on any atom is -0.375 e. The number of nitrogens with zero attached hydrogens (tertiary/aromatic N) is 2. The molecular weight excluding hydrogens is 190 g/mol. The fourth-order valence-corrected chi connectivity index (χ4v) is 2.37. The summed E-state index contributed by atoms with van der Waals surface area (Å²) in [6.45, 7) is 1.98. The number of anilines is 1. The maximum atomic E-state index is 5.51. The molecule has 2 N–H and O–H groups in total. The molecule has 0 aromatic carbocycles. The fourth-order valence-electron chi connectivity index (χ4n) is 0.881. The van der Waals surface area contributed by atoms with Crippen LogP contribution in [0.25, 0.3) is 9.75 Å². The number of aromatic nitrogens is 2. The first-order valence-corrected chi connectivity index (χ1v) is 4.99. The van der Waals surface area contributed by atoms with Crippen molar-refractivity contribution in [1.29, 1.82) is 0 Å². The maximum absolute atomic E-state index is 5.51. The zero-order valence-electron chi connectivity index (χ0n) is 6.44. The Labute approximate surface area is 78.1 Å². The molecule has 0 spiro atoms. The molecule has 2 aromatic rings. The maximum Gasteiger partial charge on any atom is 0.180 e. The molecule has 3 nitrogen and oxygen atoms in total. The van der Waals surface area contributed by atoms with E-state index in [1.165, 1.54) is 22.9 Å². The van der Waals surface area contributed by atoms with Gasteiger partial charge in [0, 0.05) is 6.20 Å². The van der Waals surface area contributed by atoms with Crippen molar-refractivity contribution in [2.24, 2.45) is 0 Å². The van der Waals surface area contributed by atoms with Crippen molar-refractivity contribution in [1.82, 2.24) is 9.36 Å². The first-order valence-electron chi connectivity index (χ1n) is 3.41. The molecule has 5 heteroatoms. The van der Waals surface area contributed by atoms with Crippen LogP contribution >= 0.6 is 22.9 Å². The monoisotopic (exact) mass is 197 g/mol. The van der Waals surface area contributed by atoms with Gasteiger partial charge < -0.3 is 5.73 Å². The summed E-state index contributed by atoms with van der Waals surface area (Å²) in [5.74, 6) is 0. The van der Waals surface area contributed by atoms with Crippen molar-refractivity contribution in [3.05, 3.63) is 18.0 Å². The van der Waals surface area contributed by atoms with E-state index in [4.69, 9.17) is 5.73 Å². The van der Waals surface area contributed by atoms with E-state index in [9.17, 15) is 0 Å². The van der Waals surface area contributed by atoms with Gasteiger partial charge in [0.05, 0.1) is 15.4 Å². The van der Waals surface area contributed by atoms with Gasteiger partial charge in [-0.1, -0.05) is 11.3 Å². The van der Waals surface area contributed by atoms with Crippen LogP contribution in [-0.2, 0) is 0 Å². The van der Waals surface area contributed by atoms with Crippen LogP contribution in [0.15, 0.2) is 12.3 Å². The fraction of sp³-hybridized carbons (Fsp3) is 0.143. The molecule has 2 aromatic heterocycles. The van der Waals surface area contributed by atoms with Gasteiger partial charge in [0.1, 0.15) is 0 Å². The predicted octanol–water partition coefficient (Wildman–Crippen LogP) is 2.16. The van der Waals surface area contributed by atoms with Crippen molar-refractivity contribution < 1.29 is 0 Å². The molecule has 2 heterocycles. The molecule has 0 saturated carbocycles. The third-order valence-corrected chi connectivity index (χ3v) is 3.30. The van der Waals surface area contributed by atoms with Gasteiger partial charge in [-0.3, -0.25) is 0 Å². The molecule has 0 saturated heterocycles. The largest absolute Gasteiger partial charge is 0.375 e. The second-order valence-electron chi connectivity index (χ2n) is 2.40. The SMILES string of the molecule is Cc1cc(-c2cnc(N)s2)sn1. The van der Waals surface area contributed by atoms with Crippen molar-refractivity contribution >= 4 is 28.0 Å². The first-order chi connectivity index (χ1) is 5.75. The number of hydrogen-bond donors (Lipinski definition) is 1. The van der Waals surface area contributed by atoms with Crippen molar-refractivity contribution in [2.45, 2.75) is 6.92 Å². The first kappa shape index (κ1) is 7.70. The van der Waals surface area contributed by atoms with Gasteiger partial charge in [-0.25, -0.2) is 4.98 Å². The normalized spacial score (nSPS) is 10.4. The second kappa shape index (κ2) is 2.84.